The van der Waals surface area contributed by atoms with Crippen LogP contribution >= 0.6 is 0 Å². The van der Waals surface area contributed by atoms with Crippen molar-refractivity contribution in [2.45, 2.75) is 77.0 Å². The van der Waals surface area contributed by atoms with Crippen molar-refractivity contribution in [1.29, 1.82) is 0 Å². The predicted octanol–water partition coefficient (Wildman–Crippen LogP) is 1.57. The molecule has 19 heavy (non-hydrogen) atoms. The van der Waals surface area contributed by atoms with Crippen LogP contribution in [0.5, 0.6) is 0 Å². The molecule has 2 heterocycles. The van der Waals surface area contributed by atoms with Gasteiger partial charge in [-0.05, 0) is 47.0 Å². The van der Waals surface area contributed by atoms with Gasteiger partial charge in [-0.1, -0.05) is 6.42 Å². The molecular weight excluding hydrogens is 236 g/mol. The van der Waals surface area contributed by atoms with E-state index in [2.05, 4.69) is 43.0 Å². The van der Waals surface area contributed by atoms with Gasteiger partial charge >= 0.3 is 0 Å². The maximum atomic E-state index is 6.12. The fourth-order valence-corrected chi connectivity index (χ4v) is 3.56. The number of hydrogen-bond donors (Lipinski definition) is 2. The first kappa shape index (κ1) is 15.2. The summed E-state index contributed by atoms with van der Waals surface area (Å²) in [6, 6.07) is 1.87. The zero-order valence-corrected chi connectivity index (χ0v) is 13.2. The Morgan fingerprint density at radius 3 is 2.37 bits per heavy atom. The van der Waals surface area contributed by atoms with Crippen LogP contribution in [0.15, 0.2) is 0 Å². The van der Waals surface area contributed by atoms with E-state index in [1.807, 2.05) is 0 Å². The van der Waals surface area contributed by atoms with E-state index in [1.165, 1.54) is 25.8 Å². The molecule has 0 aromatic carbocycles. The SMILES string of the molecule is CC(C)N1CCC(CN)(NN2C(C)CCCC2C)C1. The van der Waals surface area contributed by atoms with Crippen LogP contribution in [-0.4, -0.2) is 53.2 Å². The van der Waals surface area contributed by atoms with Crippen LogP contribution in [0, 0.1) is 0 Å². The summed E-state index contributed by atoms with van der Waals surface area (Å²) in [7, 11) is 0. The van der Waals surface area contributed by atoms with Crippen LogP contribution < -0.4 is 11.2 Å². The molecule has 3 unspecified atom stereocenters. The number of rotatable bonds is 4. The van der Waals surface area contributed by atoms with Gasteiger partial charge in [0, 0.05) is 37.8 Å². The van der Waals surface area contributed by atoms with Crippen LogP contribution in [0.2, 0.25) is 0 Å². The molecule has 0 aromatic rings. The van der Waals surface area contributed by atoms with Gasteiger partial charge in [0.15, 0.2) is 0 Å². The van der Waals surface area contributed by atoms with Gasteiger partial charge in [0.05, 0.1) is 5.54 Å². The maximum absolute atomic E-state index is 6.12. The number of likely N-dealkylation sites (tertiary alicyclic amines) is 1. The van der Waals surface area contributed by atoms with E-state index in [9.17, 15) is 0 Å². The molecule has 0 aliphatic carbocycles. The first-order chi connectivity index (χ1) is 8.97. The number of nitrogens with two attached hydrogens (primary N) is 1. The largest absolute Gasteiger partial charge is 0.329 e. The minimum atomic E-state index is 0.0874. The monoisotopic (exact) mass is 268 g/mol. The molecule has 0 aromatic heterocycles. The van der Waals surface area contributed by atoms with Gasteiger partial charge < -0.3 is 5.73 Å². The zero-order valence-electron chi connectivity index (χ0n) is 13.2. The van der Waals surface area contributed by atoms with Crippen molar-refractivity contribution < 1.29 is 0 Å². The molecule has 0 saturated carbocycles. The average Bonchev–Trinajstić information content (AvgIpc) is 2.79. The van der Waals surface area contributed by atoms with E-state index in [4.69, 9.17) is 5.73 Å². The predicted molar refractivity (Wildman–Crippen MR) is 80.9 cm³/mol. The van der Waals surface area contributed by atoms with Gasteiger partial charge in [0.2, 0.25) is 0 Å². The van der Waals surface area contributed by atoms with Gasteiger partial charge in [-0.2, -0.15) is 0 Å². The summed E-state index contributed by atoms with van der Waals surface area (Å²) in [5.74, 6) is 0. The van der Waals surface area contributed by atoms with Crippen LogP contribution in [0.1, 0.15) is 53.4 Å². The Hall–Kier alpha value is -0.160. The Labute approximate surface area is 118 Å². The van der Waals surface area contributed by atoms with E-state index in [1.54, 1.807) is 0 Å². The van der Waals surface area contributed by atoms with Crippen molar-refractivity contribution >= 4 is 0 Å². The fourth-order valence-electron chi connectivity index (χ4n) is 3.56. The zero-order chi connectivity index (χ0) is 14.0. The Bertz CT molecular complexity index is 284. The van der Waals surface area contributed by atoms with Crippen LogP contribution in [-0.2, 0) is 0 Å². The Morgan fingerprint density at radius 1 is 1.26 bits per heavy atom. The molecule has 0 amide bonds. The third kappa shape index (κ3) is 3.30. The summed E-state index contributed by atoms with van der Waals surface area (Å²) in [6.45, 7) is 12.2. The summed E-state index contributed by atoms with van der Waals surface area (Å²) in [4.78, 5) is 2.54. The summed E-state index contributed by atoms with van der Waals surface area (Å²) >= 11 is 0. The standard InChI is InChI=1S/C15H32N4/c1-12(2)18-9-8-15(10-16,11-18)17-19-13(3)6-5-7-14(19)4/h12-14,17H,5-11,16H2,1-4H3. The van der Waals surface area contributed by atoms with Gasteiger partial charge in [-0.15, -0.1) is 0 Å². The van der Waals surface area contributed by atoms with Crippen LogP contribution in [0.3, 0.4) is 0 Å². The minimum absolute atomic E-state index is 0.0874. The molecule has 3 atom stereocenters. The van der Waals surface area contributed by atoms with Crippen LogP contribution in [0.4, 0.5) is 0 Å². The fraction of sp³-hybridized carbons (Fsp3) is 1.00. The van der Waals surface area contributed by atoms with Gasteiger partial charge in [-0.25, -0.2) is 10.4 Å². The van der Waals surface area contributed by atoms with Crippen molar-refractivity contribution in [2.75, 3.05) is 19.6 Å². The van der Waals surface area contributed by atoms with E-state index in [0.29, 0.717) is 18.1 Å². The molecule has 2 aliphatic rings. The minimum Gasteiger partial charge on any atom is -0.329 e. The maximum Gasteiger partial charge on any atom is 0.0587 e. The van der Waals surface area contributed by atoms with E-state index in [0.717, 1.165) is 19.5 Å². The number of nitrogens with zero attached hydrogens (tertiary/aromatic N) is 2. The van der Waals surface area contributed by atoms with Gasteiger partial charge in [-0.3, -0.25) is 4.90 Å². The lowest BCUT2D eigenvalue weighted by molar-refractivity contribution is 0.00348. The Balaban J connectivity index is 2.02. The lowest BCUT2D eigenvalue weighted by Crippen LogP contribution is -2.64. The molecule has 0 radical (unpaired) electrons. The topological polar surface area (TPSA) is 44.5 Å². The molecule has 4 heteroatoms. The van der Waals surface area contributed by atoms with Gasteiger partial charge in [0.25, 0.3) is 0 Å². The number of piperidine rings is 1. The Morgan fingerprint density at radius 2 is 1.89 bits per heavy atom. The average molecular weight is 268 g/mol. The molecule has 3 N–H and O–H groups in total. The molecule has 4 nitrogen and oxygen atoms in total. The highest BCUT2D eigenvalue weighted by Gasteiger charge is 2.41. The normalized spacial score (nSPS) is 38.2. The number of hydrazine groups is 1. The molecular formula is C15H32N4. The highest BCUT2D eigenvalue weighted by molar-refractivity contribution is 4.99. The summed E-state index contributed by atoms with van der Waals surface area (Å²) < 4.78 is 0. The molecule has 2 saturated heterocycles. The number of hydrogen-bond acceptors (Lipinski definition) is 4. The first-order valence-corrected chi connectivity index (χ1v) is 7.98. The highest BCUT2D eigenvalue weighted by Crippen LogP contribution is 2.27. The van der Waals surface area contributed by atoms with Crippen molar-refractivity contribution in [3.8, 4) is 0 Å². The van der Waals surface area contributed by atoms with E-state index in [-0.39, 0.29) is 5.54 Å². The molecule has 0 bridgehead atoms. The third-order valence-corrected chi connectivity index (χ3v) is 5.06. The van der Waals surface area contributed by atoms with Crippen LogP contribution in [0.25, 0.3) is 0 Å². The Kier molecular flexibility index (Phi) is 4.88. The van der Waals surface area contributed by atoms with Gasteiger partial charge in [0.1, 0.15) is 0 Å². The smallest absolute Gasteiger partial charge is 0.0587 e. The van der Waals surface area contributed by atoms with Crippen molar-refractivity contribution in [3.63, 3.8) is 0 Å². The molecule has 2 aliphatic heterocycles. The second-order valence-corrected chi connectivity index (χ2v) is 6.95. The third-order valence-electron chi connectivity index (χ3n) is 5.06. The van der Waals surface area contributed by atoms with Crippen molar-refractivity contribution in [3.05, 3.63) is 0 Å². The quantitative estimate of drug-likeness (QED) is 0.812. The van der Waals surface area contributed by atoms with E-state index < -0.39 is 0 Å². The molecule has 112 valence electrons. The second-order valence-electron chi connectivity index (χ2n) is 6.95. The van der Waals surface area contributed by atoms with Crippen molar-refractivity contribution in [1.82, 2.24) is 15.3 Å². The first-order valence-electron chi connectivity index (χ1n) is 7.98. The molecule has 2 rings (SSSR count). The van der Waals surface area contributed by atoms with Crippen molar-refractivity contribution in [2.24, 2.45) is 5.73 Å². The highest BCUT2D eigenvalue weighted by atomic mass is 15.6. The lowest BCUT2D eigenvalue weighted by atomic mass is 9.96. The number of nitrogens with one attached hydrogen (secondary N) is 1. The molecule has 0 spiro atoms. The summed E-state index contributed by atoms with van der Waals surface area (Å²) in [5.41, 5.74) is 10.0. The molecule has 2 fully saturated rings. The van der Waals surface area contributed by atoms with E-state index >= 15 is 0 Å². The summed E-state index contributed by atoms with van der Waals surface area (Å²) in [6.07, 6.45) is 5.11. The lowest BCUT2D eigenvalue weighted by Gasteiger charge is -2.45. The second kappa shape index (κ2) is 6.08. The summed E-state index contributed by atoms with van der Waals surface area (Å²) in [5, 5.41) is 2.49.